The number of carbonyl (C=O) groups is 1. The third-order valence-electron chi connectivity index (χ3n) is 4.56. The van der Waals surface area contributed by atoms with Crippen molar-refractivity contribution in [3.63, 3.8) is 0 Å². The smallest absolute Gasteiger partial charge is 0.227 e. The molecular weight excluding hydrogens is 274 g/mol. The Morgan fingerprint density at radius 3 is 2.62 bits per heavy atom. The quantitative estimate of drug-likeness (QED) is 0.897. The van der Waals surface area contributed by atoms with Crippen LogP contribution < -0.4 is 11.1 Å². The molecule has 0 spiro atoms. The molecule has 3 nitrogen and oxygen atoms in total. The van der Waals surface area contributed by atoms with Crippen molar-refractivity contribution in [3.05, 3.63) is 35.4 Å². The number of halogens is 2. The monoisotopic (exact) mass is 296 g/mol. The van der Waals surface area contributed by atoms with Gasteiger partial charge in [0, 0.05) is 24.7 Å². The summed E-state index contributed by atoms with van der Waals surface area (Å²) in [6.45, 7) is 2.53. The zero-order valence-corrected chi connectivity index (χ0v) is 12.3. The summed E-state index contributed by atoms with van der Waals surface area (Å²) < 4.78 is 26.4. The van der Waals surface area contributed by atoms with Gasteiger partial charge in [0.15, 0.2) is 0 Å². The highest BCUT2D eigenvalue weighted by molar-refractivity contribution is 5.83. The molecule has 1 aromatic carbocycles. The van der Waals surface area contributed by atoms with Gasteiger partial charge in [0.25, 0.3) is 0 Å². The van der Waals surface area contributed by atoms with E-state index in [-0.39, 0.29) is 18.0 Å². The number of rotatable bonds is 4. The Hall–Kier alpha value is -1.49. The van der Waals surface area contributed by atoms with Gasteiger partial charge in [0.2, 0.25) is 5.91 Å². The molecule has 0 bridgehead atoms. The molecule has 116 valence electrons. The van der Waals surface area contributed by atoms with Crippen molar-refractivity contribution in [2.75, 3.05) is 6.54 Å². The van der Waals surface area contributed by atoms with Gasteiger partial charge in [-0.25, -0.2) is 8.78 Å². The normalized spacial score (nSPS) is 25.6. The minimum Gasteiger partial charge on any atom is -0.351 e. The molecule has 21 heavy (non-hydrogen) atoms. The number of benzene rings is 1. The van der Waals surface area contributed by atoms with Crippen molar-refractivity contribution >= 4 is 5.91 Å². The maximum atomic E-state index is 13.6. The molecule has 1 amide bonds. The summed E-state index contributed by atoms with van der Waals surface area (Å²) in [5.41, 5.74) is 5.56. The highest BCUT2D eigenvalue weighted by Gasteiger charge is 2.39. The van der Waals surface area contributed by atoms with E-state index >= 15 is 0 Å². The molecular formula is C16H22F2N2O. The first-order valence-corrected chi connectivity index (χ1v) is 7.39. The van der Waals surface area contributed by atoms with Gasteiger partial charge >= 0.3 is 0 Å². The SMILES string of the molecule is CC1CCC(CN)(C(=O)NCc2ccc(F)cc2F)CC1. The summed E-state index contributed by atoms with van der Waals surface area (Å²) in [4.78, 5) is 12.4. The topological polar surface area (TPSA) is 55.1 Å². The Labute approximate surface area is 123 Å². The molecule has 0 heterocycles. The van der Waals surface area contributed by atoms with Crippen LogP contribution in [0.3, 0.4) is 0 Å². The van der Waals surface area contributed by atoms with Crippen molar-refractivity contribution in [1.82, 2.24) is 5.32 Å². The van der Waals surface area contributed by atoms with Crippen LogP contribution in [0.1, 0.15) is 38.2 Å². The zero-order valence-electron chi connectivity index (χ0n) is 12.3. The average molecular weight is 296 g/mol. The van der Waals surface area contributed by atoms with E-state index in [1.165, 1.54) is 12.1 Å². The third-order valence-corrected chi connectivity index (χ3v) is 4.56. The number of hydrogen-bond donors (Lipinski definition) is 2. The molecule has 2 rings (SSSR count). The Bertz CT molecular complexity index is 511. The third kappa shape index (κ3) is 3.59. The van der Waals surface area contributed by atoms with Gasteiger partial charge < -0.3 is 11.1 Å². The van der Waals surface area contributed by atoms with Crippen LogP contribution in [0.2, 0.25) is 0 Å². The lowest BCUT2D eigenvalue weighted by atomic mass is 9.70. The van der Waals surface area contributed by atoms with Crippen molar-refractivity contribution in [1.29, 1.82) is 0 Å². The average Bonchev–Trinajstić information content (AvgIpc) is 2.47. The maximum Gasteiger partial charge on any atom is 0.227 e. The van der Waals surface area contributed by atoms with Crippen LogP contribution in [0.15, 0.2) is 18.2 Å². The lowest BCUT2D eigenvalue weighted by Gasteiger charge is -2.37. The highest BCUT2D eigenvalue weighted by atomic mass is 19.1. The van der Waals surface area contributed by atoms with Crippen LogP contribution in [-0.2, 0) is 11.3 Å². The number of hydrogen-bond acceptors (Lipinski definition) is 2. The molecule has 1 fully saturated rings. The van der Waals surface area contributed by atoms with E-state index in [9.17, 15) is 13.6 Å². The van der Waals surface area contributed by atoms with E-state index in [1.807, 2.05) is 0 Å². The minimum absolute atomic E-state index is 0.0578. The first-order valence-electron chi connectivity index (χ1n) is 7.39. The summed E-state index contributed by atoms with van der Waals surface area (Å²) in [6.07, 6.45) is 3.50. The van der Waals surface area contributed by atoms with Crippen LogP contribution in [-0.4, -0.2) is 12.5 Å². The molecule has 0 aromatic heterocycles. The van der Waals surface area contributed by atoms with E-state index in [1.54, 1.807) is 0 Å². The Morgan fingerprint density at radius 1 is 1.38 bits per heavy atom. The summed E-state index contributed by atoms with van der Waals surface area (Å²) in [5, 5.41) is 2.75. The highest BCUT2D eigenvalue weighted by Crippen LogP contribution is 2.38. The predicted octanol–water partition coefficient (Wildman–Crippen LogP) is 2.74. The zero-order chi connectivity index (χ0) is 15.5. The number of carbonyl (C=O) groups excluding carboxylic acids is 1. The summed E-state index contributed by atoms with van der Waals surface area (Å²) in [5.74, 6) is -0.774. The van der Waals surface area contributed by atoms with E-state index < -0.39 is 17.0 Å². The Kier molecular flexibility index (Phi) is 4.93. The van der Waals surface area contributed by atoms with Crippen LogP contribution in [0.4, 0.5) is 8.78 Å². The van der Waals surface area contributed by atoms with Crippen molar-refractivity contribution < 1.29 is 13.6 Å². The van der Waals surface area contributed by atoms with Gasteiger partial charge in [-0.05, 0) is 37.7 Å². The van der Waals surface area contributed by atoms with Crippen LogP contribution in [0.25, 0.3) is 0 Å². The summed E-state index contributed by atoms with van der Waals surface area (Å²) in [7, 11) is 0. The summed E-state index contributed by atoms with van der Waals surface area (Å²) in [6, 6.07) is 3.36. The van der Waals surface area contributed by atoms with Gasteiger partial charge in [0.05, 0.1) is 5.41 Å². The second kappa shape index (κ2) is 6.52. The molecule has 0 atom stereocenters. The molecule has 3 N–H and O–H groups in total. The first kappa shape index (κ1) is 15.9. The van der Waals surface area contributed by atoms with E-state index in [0.29, 0.717) is 12.5 Å². The van der Waals surface area contributed by atoms with E-state index in [0.717, 1.165) is 31.7 Å². The van der Waals surface area contributed by atoms with E-state index in [4.69, 9.17) is 5.73 Å². The molecule has 1 aromatic rings. The van der Waals surface area contributed by atoms with Gasteiger partial charge in [-0.15, -0.1) is 0 Å². The molecule has 0 aliphatic heterocycles. The van der Waals surface area contributed by atoms with Gasteiger partial charge in [-0.1, -0.05) is 13.0 Å². The van der Waals surface area contributed by atoms with Crippen molar-refractivity contribution in [2.24, 2.45) is 17.1 Å². The standard InChI is InChI=1S/C16H22F2N2O/c1-11-4-6-16(10-19,7-5-11)15(21)20-9-12-2-3-13(17)8-14(12)18/h2-3,8,11H,4-7,9-10,19H2,1H3,(H,20,21). The predicted molar refractivity (Wildman–Crippen MR) is 77.3 cm³/mol. The minimum atomic E-state index is -0.644. The largest absolute Gasteiger partial charge is 0.351 e. The van der Waals surface area contributed by atoms with Gasteiger partial charge in [0.1, 0.15) is 11.6 Å². The Balaban J connectivity index is 2.00. The lowest BCUT2D eigenvalue weighted by molar-refractivity contribution is -0.133. The second-order valence-electron chi connectivity index (χ2n) is 6.09. The Morgan fingerprint density at radius 2 is 2.05 bits per heavy atom. The van der Waals surface area contributed by atoms with Gasteiger partial charge in [-0.3, -0.25) is 4.79 Å². The van der Waals surface area contributed by atoms with E-state index in [2.05, 4.69) is 12.2 Å². The lowest BCUT2D eigenvalue weighted by Crippen LogP contribution is -2.47. The number of nitrogens with two attached hydrogens (primary N) is 1. The first-order chi connectivity index (χ1) is 9.97. The molecule has 1 saturated carbocycles. The molecule has 1 aliphatic carbocycles. The van der Waals surface area contributed by atoms with Crippen LogP contribution in [0, 0.1) is 23.0 Å². The van der Waals surface area contributed by atoms with Gasteiger partial charge in [-0.2, -0.15) is 0 Å². The fourth-order valence-electron chi connectivity index (χ4n) is 2.87. The number of nitrogens with one attached hydrogen (secondary N) is 1. The van der Waals surface area contributed by atoms with Crippen molar-refractivity contribution in [3.8, 4) is 0 Å². The van der Waals surface area contributed by atoms with Crippen molar-refractivity contribution in [2.45, 2.75) is 39.2 Å². The maximum absolute atomic E-state index is 13.6. The molecule has 1 aliphatic rings. The molecule has 0 saturated heterocycles. The molecule has 5 heteroatoms. The molecule has 0 unspecified atom stereocenters. The fraction of sp³-hybridized carbons (Fsp3) is 0.562. The summed E-state index contributed by atoms with van der Waals surface area (Å²) >= 11 is 0. The molecule has 0 radical (unpaired) electrons. The van der Waals surface area contributed by atoms with Crippen LogP contribution >= 0.6 is 0 Å². The second-order valence-corrected chi connectivity index (χ2v) is 6.09. The van der Waals surface area contributed by atoms with Crippen LogP contribution in [0.5, 0.6) is 0 Å². The number of amides is 1. The fourth-order valence-corrected chi connectivity index (χ4v) is 2.87.